The molecular formula is C21H20FN5O2. The summed E-state index contributed by atoms with van der Waals surface area (Å²) in [5.41, 5.74) is 1.50. The second-order valence-electron chi connectivity index (χ2n) is 7.12. The first kappa shape index (κ1) is 18.9. The zero-order valence-corrected chi connectivity index (χ0v) is 15.9. The lowest BCUT2D eigenvalue weighted by molar-refractivity contribution is -0.126. The molecule has 1 unspecified atom stereocenters. The van der Waals surface area contributed by atoms with Crippen LogP contribution < -0.4 is 0 Å². The van der Waals surface area contributed by atoms with Gasteiger partial charge in [-0.25, -0.2) is 4.39 Å². The zero-order valence-electron chi connectivity index (χ0n) is 15.9. The molecule has 1 atom stereocenters. The fourth-order valence-corrected chi connectivity index (χ4v) is 3.56. The second-order valence-corrected chi connectivity index (χ2v) is 7.12. The van der Waals surface area contributed by atoms with E-state index >= 15 is 0 Å². The Morgan fingerprint density at radius 2 is 2.00 bits per heavy atom. The lowest BCUT2D eigenvalue weighted by Gasteiger charge is -2.24. The van der Waals surface area contributed by atoms with Crippen molar-refractivity contribution in [2.45, 2.75) is 12.0 Å². The Morgan fingerprint density at radius 3 is 2.66 bits per heavy atom. The Bertz CT molecular complexity index is 1080. The number of β-amino-alcohol motifs (C(OH)–C–C–N with tert-alkyl or cyclic N) is 1. The van der Waals surface area contributed by atoms with E-state index in [1.54, 1.807) is 36.1 Å². The van der Waals surface area contributed by atoms with Gasteiger partial charge in [0.2, 0.25) is 5.91 Å². The van der Waals surface area contributed by atoms with Gasteiger partial charge in [0.1, 0.15) is 17.1 Å². The molecule has 0 saturated carbocycles. The molecule has 0 aliphatic carbocycles. The molecule has 1 aliphatic rings. The number of halogens is 1. The number of likely N-dealkylation sites (tertiary alicyclic amines) is 1. The predicted molar refractivity (Wildman–Crippen MR) is 105 cm³/mol. The van der Waals surface area contributed by atoms with E-state index in [0.29, 0.717) is 41.2 Å². The molecule has 1 fully saturated rings. The van der Waals surface area contributed by atoms with Crippen LogP contribution in [0.5, 0.6) is 0 Å². The van der Waals surface area contributed by atoms with Crippen molar-refractivity contribution in [1.29, 1.82) is 0 Å². The Morgan fingerprint density at radius 1 is 1.24 bits per heavy atom. The molecule has 29 heavy (non-hydrogen) atoms. The van der Waals surface area contributed by atoms with Gasteiger partial charge in [0.25, 0.3) is 0 Å². The van der Waals surface area contributed by atoms with Crippen LogP contribution in [0.3, 0.4) is 0 Å². The van der Waals surface area contributed by atoms with E-state index in [9.17, 15) is 14.3 Å². The van der Waals surface area contributed by atoms with Gasteiger partial charge in [0, 0.05) is 37.3 Å². The first-order chi connectivity index (χ1) is 13.9. The first-order valence-electron chi connectivity index (χ1n) is 9.17. The standard InChI is InChI=1S/C21H20FN5O2/c1-3-19(28)27-11-9-21(29,13-27)20-16(17-8-10-26(2)25-17)12-18(23-24-20)14-4-6-15(22)7-5-14/h3-8,10,12,29H,1,9,11,13H2,2H3. The van der Waals surface area contributed by atoms with Crippen molar-refractivity contribution in [3.05, 3.63) is 66.8 Å². The van der Waals surface area contributed by atoms with Crippen molar-refractivity contribution < 1.29 is 14.3 Å². The average molecular weight is 393 g/mol. The van der Waals surface area contributed by atoms with Gasteiger partial charge in [0.15, 0.2) is 0 Å². The summed E-state index contributed by atoms with van der Waals surface area (Å²) in [7, 11) is 1.80. The molecule has 0 bridgehead atoms. The average Bonchev–Trinajstić information content (AvgIpc) is 3.34. The molecule has 4 rings (SSSR count). The quantitative estimate of drug-likeness (QED) is 0.688. The monoisotopic (exact) mass is 393 g/mol. The van der Waals surface area contributed by atoms with Crippen LogP contribution in [0.4, 0.5) is 4.39 Å². The van der Waals surface area contributed by atoms with Gasteiger partial charge in [-0.05, 0) is 42.5 Å². The van der Waals surface area contributed by atoms with Gasteiger partial charge in [-0.2, -0.15) is 15.3 Å². The topological polar surface area (TPSA) is 84.1 Å². The van der Waals surface area contributed by atoms with E-state index < -0.39 is 5.60 Å². The third kappa shape index (κ3) is 3.54. The molecule has 7 nitrogen and oxygen atoms in total. The summed E-state index contributed by atoms with van der Waals surface area (Å²) < 4.78 is 14.9. The first-order valence-corrected chi connectivity index (χ1v) is 9.17. The van der Waals surface area contributed by atoms with Crippen LogP contribution in [0.25, 0.3) is 22.5 Å². The molecule has 1 aliphatic heterocycles. The number of benzene rings is 1. The van der Waals surface area contributed by atoms with Crippen LogP contribution in [-0.4, -0.2) is 49.0 Å². The summed E-state index contributed by atoms with van der Waals surface area (Å²) >= 11 is 0. The number of amides is 1. The van der Waals surface area contributed by atoms with E-state index in [1.807, 2.05) is 6.07 Å². The van der Waals surface area contributed by atoms with Gasteiger partial charge < -0.3 is 10.0 Å². The number of rotatable bonds is 4. The third-order valence-corrected chi connectivity index (χ3v) is 5.10. The summed E-state index contributed by atoms with van der Waals surface area (Å²) in [6, 6.07) is 9.56. The molecule has 3 heterocycles. The minimum absolute atomic E-state index is 0.0995. The van der Waals surface area contributed by atoms with E-state index in [0.717, 1.165) is 0 Å². The van der Waals surface area contributed by atoms with Crippen LogP contribution in [0, 0.1) is 5.82 Å². The molecule has 148 valence electrons. The Balaban J connectivity index is 1.80. The number of nitrogens with zero attached hydrogens (tertiary/aromatic N) is 5. The summed E-state index contributed by atoms with van der Waals surface area (Å²) in [6.07, 6.45) is 3.36. The maximum absolute atomic E-state index is 13.3. The molecule has 1 saturated heterocycles. The van der Waals surface area contributed by atoms with E-state index in [1.165, 1.54) is 23.1 Å². The van der Waals surface area contributed by atoms with E-state index in [2.05, 4.69) is 21.9 Å². The van der Waals surface area contributed by atoms with Gasteiger partial charge in [-0.3, -0.25) is 9.48 Å². The van der Waals surface area contributed by atoms with E-state index in [4.69, 9.17) is 0 Å². The molecule has 0 spiro atoms. The number of carbonyl (C=O) groups excluding carboxylic acids is 1. The van der Waals surface area contributed by atoms with Crippen molar-refractivity contribution in [1.82, 2.24) is 24.9 Å². The molecule has 1 aromatic carbocycles. The number of aryl methyl sites for hydroxylation is 1. The fraction of sp³-hybridized carbons (Fsp3) is 0.238. The number of carbonyl (C=O) groups is 1. The highest BCUT2D eigenvalue weighted by Gasteiger charge is 2.42. The Kier molecular flexibility index (Phi) is 4.71. The number of hydrogen-bond donors (Lipinski definition) is 1. The highest BCUT2D eigenvalue weighted by Crippen LogP contribution is 2.37. The van der Waals surface area contributed by atoms with Crippen molar-refractivity contribution in [2.75, 3.05) is 13.1 Å². The summed E-state index contributed by atoms with van der Waals surface area (Å²) in [6.45, 7) is 4.00. The van der Waals surface area contributed by atoms with Gasteiger partial charge in [0.05, 0.1) is 17.9 Å². The smallest absolute Gasteiger partial charge is 0.246 e. The fourth-order valence-electron chi connectivity index (χ4n) is 3.56. The number of aromatic nitrogens is 4. The third-order valence-electron chi connectivity index (χ3n) is 5.10. The number of hydrogen-bond acceptors (Lipinski definition) is 5. The normalized spacial score (nSPS) is 18.8. The highest BCUT2D eigenvalue weighted by atomic mass is 19.1. The minimum Gasteiger partial charge on any atom is -0.382 e. The van der Waals surface area contributed by atoms with Crippen LogP contribution in [0.2, 0.25) is 0 Å². The van der Waals surface area contributed by atoms with Crippen molar-refractivity contribution in [3.8, 4) is 22.5 Å². The maximum Gasteiger partial charge on any atom is 0.246 e. The predicted octanol–water partition coefficient (Wildman–Crippen LogP) is 2.29. The molecule has 0 radical (unpaired) electrons. The summed E-state index contributed by atoms with van der Waals surface area (Å²) in [4.78, 5) is 13.5. The number of aliphatic hydroxyl groups is 1. The van der Waals surface area contributed by atoms with Gasteiger partial charge in [-0.1, -0.05) is 6.58 Å². The van der Waals surface area contributed by atoms with Crippen molar-refractivity contribution in [3.63, 3.8) is 0 Å². The maximum atomic E-state index is 13.3. The highest BCUT2D eigenvalue weighted by molar-refractivity contribution is 5.87. The lowest BCUT2D eigenvalue weighted by atomic mass is 9.92. The molecule has 1 amide bonds. The van der Waals surface area contributed by atoms with Crippen LogP contribution >= 0.6 is 0 Å². The SMILES string of the molecule is C=CC(=O)N1CCC(O)(c2nnc(-c3ccc(F)cc3)cc2-c2ccn(C)n2)C1. The summed E-state index contributed by atoms with van der Waals surface area (Å²) in [5.74, 6) is -0.577. The molecular weight excluding hydrogens is 373 g/mol. The van der Waals surface area contributed by atoms with Crippen molar-refractivity contribution >= 4 is 5.91 Å². The van der Waals surface area contributed by atoms with Gasteiger partial charge in [-0.15, -0.1) is 0 Å². The van der Waals surface area contributed by atoms with Crippen LogP contribution in [-0.2, 0) is 17.4 Å². The largest absolute Gasteiger partial charge is 0.382 e. The van der Waals surface area contributed by atoms with Crippen LogP contribution in [0.15, 0.2) is 55.3 Å². The van der Waals surface area contributed by atoms with Crippen molar-refractivity contribution in [2.24, 2.45) is 7.05 Å². The summed E-state index contributed by atoms with van der Waals surface area (Å²) in [5, 5.41) is 24.3. The van der Waals surface area contributed by atoms with Crippen LogP contribution in [0.1, 0.15) is 12.1 Å². The molecule has 8 heteroatoms. The second kappa shape index (κ2) is 7.21. The van der Waals surface area contributed by atoms with Gasteiger partial charge >= 0.3 is 0 Å². The minimum atomic E-state index is -1.35. The molecule has 3 aromatic rings. The van der Waals surface area contributed by atoms with E-state index in [-0.39, 0.29) is 18.3 Å². The Hall–Kier alpha value is -3.39. The lowest BCUT2D eigenvalue weighted by Crippen LogP contribution is -2.34. The Labute approximate surface area is 167 Å². The zero-order chi connectivity index (χ0) is 20.6. The molecule has 2 aromatic heterocycles. The molecule has 1 N–H and O–H groups in total.